The monoisotopic (exact) mass is 622 g/mol. The summed E-state index contributed by atoms with van der Waals surface area (Å²) in [6.45, 7) is 0.930. The summed E-state index contributed by atoms with van der Waals surface area (Å²) in [6.07, 6.45) is 11.9. The average Bonchev–Trinajstić information content (AvgIpc) is 3.56. The molecule has 2 aromatic carbocycles. The van der Waals surface area contributed by atoms with Crippen LogP contribution in [0.25, 0.3) is 5.82 Å². The van der Waals surface area contributed by atoms with E-state index >= 15 is 0 Å². The van der Waals surface area contributed by atoms with Crippen molar-refractivity contribution in [3.05, 3.63) is 89.5 Å². The summed E-state index contributed by atoms with van der Waals surface area (Å²) in [6, 6.07) is 16.6. The fourth-order valence-electron chi connectivity index (χ4n) is 5.06. The molecular weight excluding hydrogens is 588 g/mol. The molecular formula is C30H35ClN8O3S. The van der Waals surface area contributed by atoms with Gasteiger partial charge in [-0.2, -0.15) is 18.4 Å². The van der Waals surface area contributed by atoms with Gasteiger partial charge >= 0.3 is 11.6 Å². The van der Waals surface area contributed by atoms with Crippen LogP contribution in [0.1, 0.15) is 49.7 Å². The highest BCUT2D eigenvalue weighted by atomic mass is 35.5. The second-order valence-corrected chi connectivity index (χ2v) is 10.9. The van der Waals surface area contributed by atoms with Gasteiger partial charge in [0.25, 0.3) is 0 Å². The zero-order valence-electron chi connectivity index (χ0n) is 23.6. The molecule has 43 heavy (non-hydrogen) atoms. The van der Waals surface area contributed by atoms with Crippen molar-refractivity contribution in [2.24, 2.45) is 5.92 Å². The first-order chi connectivity index (χ1) is 20.9. The zero-order chi connectivity index (χ0) is 30.4. The number of anilines is 3. The summed E-state index contributed by atoms with van der Waals surface area (Å²) in [7, 11) is 0. The van der Waals surface area contributed by atoms with E-state index in [1.54, 1.807) is 12.5 Å². The number of nitrogens with two attached hydrogens (primary N) is 1. The number of benzene rings is 2. The minimum Gasteiger partial charge on any atom is -0.399 e. The molecule has 1 aliphatic rings. The fraction of sp³-hybridized carbons (Fsp3) is 0.333. The van der Waals surface area contributed by atoms with Crippen LogP contribution < -0.4 is 21.7 Å². The molecule has 2 aromatic heterocycles. The largest absolute Gasteiger partial charge is 0.399 e. The maximum atomic E-state index is 13.5. The van der Waals surface area contributed by atoms with Gasteiger partial charge in [-0.1, -0.05) is 68.0 Å². The highest BCUT2D eigenvalue weighted by molar-refractivity contribution is 7.51. The van der Waals surface area contributed by atoms with Gasteiger partial charge in [-0.15, -0.1) is 0 Å². The van der Waals surface area contributed by atoms with Crippen LogP contribution in [-0.4, -0.2) is 39.9 Å². The Morgan fingerprint density at radius 1 is 1.02 bits per heavy atom. The Kier molecular flexibility index (Phi) is 12.0. The molecule has 5 rings (SSSR count). The zero-order valence-corrected chi connectivity index (χ0v) is 25.2. The Labute approximate surface area is 259 Å². The number of carbonyl (C=O) groups excluding carboxylic acids is 1. The summed E-state index contributed by atoms with van der Waals surface area (Å²) >= 11 is 5.41. The molecule has 5 N–H and O–H groups in total. The van der Waals surface area contributed by atoms with Crippen LogP contribution in [0.5, 0.6) is 0 Å². The third kappa shape index (κ3) is 10.2. The smallest absolute Gasteiger partial charge is 0.335 e. The van der Waals surface area contributed by atoms with Gasteiger partial charge in [0.2, 0.25) is 11.9 Å². The van der Waals surface area contributed by atoms with Crippen LogP contribution in [0.2, 0.25) is 5.02 Å². The molecule has 226 valence electrons. The first kappa shape index (κ1) is 31.6. The van der Waals surface area contributed by atoms with E-state index in [1.165, 1.54) is 19.3 Å². The Bertz CT molecular complexity index is 1490. The SMILES string of the molecule is Nc1ccc(CNC(=O)[C@@H](CC2CCCCC2)Nc2cc(-n3ccnc3)nc(NCc3cccc(Cl)c3)n2)cc1.O=S=O. The Morgan fingerprint density at radius 2 is 1.79 bits per heavy atom. The molecule has 11 nitrogen and oxygen atoms in total. The Hall–Kier alpha value is -4.29. The standard InChI is InChI=1S/C30H35ClN8O.O2S/c31-24-8-4-7-23(15-24)19-35-30-37-27(17-28(38-30)39-14-13-33-20-39)36-26(16-21-5-2-1-3-6-21)29(40)34-18-22-9-11-25(32)12-10-22;1-3-2/h4,7-15,17,20-21,26H,1-3,5-6,16,18-19,32H2,(H,34,40)(H2,35,36,37,38);/t26-;/m1./s1. The quantitative estimate of drug-likeness (QED) is 0.171. The van der Waals surface area contributed by atoms with E-state index in [2.05, 4.69) is 25.9 Å². The van der Waals surface area contributed by atoms with Gasteiger partial charge in [0.05, 0.1) is 0 Å². The molecule has 0 aliphatic heterocycles. The van der Waals surface area contributed by atoms with E-state index in [0.717, 1.165) is 30.4 Å². The van der Waals surface area contributed by atoms with E-state index < -0.39 is 17.6 Å². The van der Waals surface area contributed by atoms with Crippen LogP contribution in [-0.2, 0) is 29.5 Å². The molecule has 4 aromatic rings. The molecule has 0 bridgehead atoms. The minimum atomic E-state index is -0.750. The first-order valence-corrected chi connectivity index (χ1v) is 15.1. The topological polar surface area (TPSA) is 157 Å². The number of amides is 1. The van der Waals surface area contributed by atoms with Crippen molar-refractivity contribution in [1.82, 2.24) is 24.8 Å². The summed E-state index contributed by atoms with van der Waals surface area (Å²) in [5.74, 6) is 2.08. The average molecular weight is 623 g/mol. The van der Waals surface area contributed by atoms with E-state index in [4.69, 9.17) is 30.7 Å². The third-order valence-electron chi connectivity index (χ3n) is 7.20. The lowest BCUT2D eigenvalue weighted by Crippen LogP contribution is -2.41. The fourth-order valence-corrected chi connectivity index (χ4v) is 5.27. The first-order valence-electron chi connectivity index (χ1n) is 14.1. The van der Waals surface area contributed by atoms with Crippen molar-refractivity contribution < 1.29 is 13.2 Å². The molecule has 0 saturated heterocycles. The molecule has 1 amide bonds. The number of hydrogen-bond acceptors (Lipinski definition) is 9. The lowest BCUT2D eigenvalue weighted by Gasteiger charge is -2.27. The number of carbonyl (C=O) groups is 1. The number of nitrogens with one attached hydrogen (secondary N) is 3. The predicted octanol–water partition coefficient (Wildman–Crippen LogP) is 4.91. The van der Waals surface area contributed by atoms with Gasteiger partial charge in [-0.25, -0.2) is 4.98 Å². The van der Waals surface area contributed by atoms with Crippen molar-refractivity contribution in [2.45, 2.75) is 57.7 Å². The Balaban J connectivity index is 0.00000135. The van der Waals surface area contributed by atoms with Gasteiger partial charge in [0.1, 0.15) is 24.0 Å². The highest BCUT2D eigenvalue weighted by Crippen LogP contribution is 2.28. The number of aromatic nitrogens is 4. The lowest BCUT2D eigenvalue weighted by molar-refractivity contribution is -0.122. The lowest BCUT2D eigenvalue weighted by atomic mass is 9.84. The van der Waals surface area contributed by atoms with E-state index in [1.807, 2.05) is 65.4 Å². The van der Waals surface area contributed by atoms with Crippen LogP contribution in [0, 0.1) is 5.92 Å². The molecule has 1 saturated carbocycles. The predicted molar refractivity (Wildman–Crippen MR) is 168 cm³/mol. The van der Waals surface area contributed by atoms with Gasteiger partial charge in [0.15, 0.2) is 0 Å². The minimum absolute atomic E-state index is 0.0568. The van der Waals surface area contributed by atoms with Crippen molar-refractivity contribution >= 4 is 46.5 Å². The van der Waals surface area contributed by atoms with Crippen LogP contribution >= 0.6 is 11.6 Å². The molecule has 13 heteroatoms. The normalized spacial score (nSPS) is 13.7. The number of imidazole rings is 1. The number of hydrogen-bond donors (Lipinski definition) is 4. The summed E-state index contributed by atoms with van der Waals surface area (Å²) < 4.78 is 18.4. The van der Waals surface area contributed by atoms with Crippen LogP contribution in [0.15, 0.2) is 73.3 Å². The van der Waals surface area contributed by atoms with Crippen molar-refractivity contribution in [2.75, 3.05) is 16.4 Å². The summed E-state index contributed by atoms with van der Waals surface area (Å²) in [5.41, 5.74) is 8.52. The molecule has 0 radical (unpaired) electrons. The van der Waals surface area contributed by atoms with Gasteiger partial charge in [-0.05, 0) is 47.7 Å². The molecule has 0 spiro atoms. The van der Waals surface area contributed by atoms with Crippen LogP contribution in [0.4, 0.5) is 17.5 Å². The molecule has 2 heterocycles. The Morgan fingerprint density at radius 3 is 2.49 bits per heavy atom. The number of halogens is 1. The molecule has 1 aliphatic carbocycles. The second-order valence-electron chi connectivity index (χ2n) is 10.4. The van der Waals surface area contributed by atoms with E-state index in [-0.39, 0.29) is 5.91 Å². The van der Waals surface area contributed by atoms with Gasteiger partial charge in [-0.3, -0.25) is 9.36 Å². The van der Waals surface area contributed by atoms with Crippen molar-refractivity contribution in [3.8, 4) is 5.82 Å². The molecule has 1 fully saturated rings. The van der Waals surface area contributed by atoms with Gasteiger partial charge < -0.3 is 21.7 Å². The van der Waals surface area contributed by atoms with E-state index in [0.29, 0.717) is 47.3 Å². The van der Waals surface area contributed by atoms with Crippen LogP contribution in [0.3, 0.4) is 0 Å². The number of rotatable bonds is 11. The molecule has 1 atom stereocenters. The second kappa shape index (κ2) is 16.4. The number of nitrogen functional groups attached to an aromatic ring is 1. The third-order valence-corrected chi connectivity index (χ3v) is 7.44. The highest BCUT2D eigenvalue weighted by Gasteiger charge is 2.25. The van der Waals surface area contributed by atoms with E-state index in [9.17, 15) is 4.79 Å². The maximum absolute atomic E-state index is 13.5. The molecule has 0 unspecified atom stereocenters. The summed E-state index contributed by atoms with van der Waals surface area (Å²) in [4.78, 5) is 27.1. The van der Waals surface area contributed by atoms with Crippen molar-refractivity contribution in [1.29, 1.82) is 0 Å². The summed E-state index contributed by atoms with van der Waals surface area (Å²) in [5, 5.41) is 10.5. The van der Waals surface area contributed by atoms with Crippen molar-refractivity contribution in [3.63, 3.8) is 0 Å². The van der Waals surface area contributed by atoms with Gasteiger partial charge in [0, 0.05) is 42.3 Å². The maximum Gasteiger partial charge on any atom is 0.335 e. The number of nitrogens with zero attached hydrogens (tertiary/aromatic N) is 4.